The highest BCUT2D eigenvalue weighted by molar-refractivity contribution is 6.13. The molecule has 3 heterocycles. The lowest BCUT2D eigenvalue weighted by atomic mass is 10.00. The Morgan fingerprint density at radius 1 is 1.03 bits per heavy atom. The summed E-state index contributed by atoms with van der Waals surface area (Å²) in [7, 11) is 0. The van der Waals surface area contributed by atoms with E-state index >= 15 is 0 Å². The van der Waals surface area contributed by atoms with Crippen molar-refractivity contribution < 1.29 is 19.0 Å². The first kappa shape index (κ1) is 21.9. The van der Waals surface area contributed by atoms with E-state index in [1.165, 1.54) is 0 Å². The van der Waals surface area contributed by atoms with Crippen LogP contribution in [-0.4, -0.2) is 61.7 Å². The average Bonchev–Trinajstić information content (AvgIpc) is 3.16. The van der Waals surface area contributed by atoms with E-state index in [0.29, 0.717) is 23.8 Å². The van der Waals surface area contributed by atoms with E-state index in [9.17, 15) is 4.79 Å². The maximum absolute atomic E-state index is 13.0. The highest BCUT2D eigenvalue weighted by Gasteiger charge is 2.33. The third kappa shape index (κ3) is 4.88. The molecule has 3 aliphatic heterocycles. The van der Waals surface area contributed by atoms with Crippen LogP contribution in [-0.2, 0) is 11.3 Å². The second-order valence-corrected chi connectivity index (χ2v) is 8.73. The third-order valence-electron chi connectivity index (χ3n) is 6.39. The van der Waals surface area contributed by atoms with Gasteiger partial charge in [0.25, 0.3) is 0 Å². The maximum atomic E-state index is 13.0. The van der Waals surface area contributed by atoms with E-state index in [-0.39, 0.29) is 5.78 Å². The van der Waals surface area contributed by atoms with Crippen molar-refractivity contribution in [1.29, 1.82) is 0 Å². The minimum Gasteiger partial charge on any atom is -0.477 e. The Labute approximate surface area is 195 Å². The normalized spacial score (nSPS) is 20.0. The van der Waals surface area contributed by atoms with Gasteiger partial charge in [-0.2, -0.15) is 0 Å². The second-order valence-electron chi connectivity index (χ2n) is 8.73. The number of carbonyl (C=O) groups is 1. The fourth-order valence-corrected chi connectivity index (χ4v) is 4.61. The zero-order valence-electron chi connectivity index (χ0n) is 19.1. The lowest BCUT2D eigenvalue weighted by molar-refractivity contribution is 0.0329. The van der Waals surface area contributed by atoms with Crippen LogP contribution in [0, 0.1) is 6.92 Å². The molecule has 0 atom stereocenters. The smallest absolute Gasteiger partial charge is 0.231 e. The number of ketones is 1. The zero-order valence-corrected chi connectivity index (χ0v) is 19.1. The number of nitrogens with zero attached hydrogens (tertiary/aromatic N) is 2. The van der Waals surface area contributed by atoms with Crippen LogP contribution in [0.4, 0.5) is 0 Å². The summed E-state index contributed by atoms with van der Waals surface area (Å²) in [6.07, 6.45) is 6.65. The fourth-order valence-electron chi connectivity index (χ4n) is 4.61. The van der Waals surface area contributed by atoms with Gasteiger partial charge in [-0.05, 0) is 37.6 Å². The molecule has 5 rings (SSSR count). The van der Waals surface area contributed by atoms with Gasteiger partial charge in [0.1, 0.15) is 18.2 Å². The Kier molecular flexibility index (Phi) is 6.58. The number of carbonyl (C=O) groups excluding carboxylic acids is 1. The van der Waals surface area contributed by atoms with E-state index in [4.69, 9.17) is 14.2 Å². The first-order chi connectivity index (χ1) is 16.2. The standard InChI is InChI=1S/C27H30N2O4/c1-20-26-22(18-29(19-32-26)12-6-11-28-13-15-31-16-14-28)17-23-25(30)24(33-27(20)23)10-5-9-21-7-3-2-4-8-21/h2-5,7-10,17H,6,11-16,18-19H2,1H3/b9-5+,24-10-. The van der Waals surface area contributed by atoms with E-state index < -0.39 is 0 Å². The lowest BCUT2D eigenvalue weighted by Gasteiger charge is -2.31. The third-order valence-corrected chi connectivity index (χ3v) is 6.39. The molecule has 1 saturated heterocycles. The summed E-state index contributed by atoms with van der Waals surface area (Å²) in [4.78, 5) is 17.8. The van der Waals surface area contributed by atoms with Crippen molar-refractivity contribution in [1.82, 2.24) is 9.80 Å². The molecule has 0 unspecified atom stereocenters. The van der Waals surface area contributed by atoms with Crippen molar-refractivity contribution in [2.45, 2.75) is 19.9 Å². The van der Waals surface area contributed by atoms with E-state index in [2.05, 4.69) is 9.80 Å². The monoisotopic (exact) mass is 446 g/mol. The summed E-state index contributed by atoms with van der Waals surface area (Å²) in [6.45, 7) is 9.06. The number of Topliss-reactive ketones (excluding diaryl/α,β-unsaturated/α-hetero) is 1. The van der Waals surface area contributed by atoms with Crippen LogP contribution in [0.3, 0.4) is 0 Å². The van der Waals surface area contributed by atoms with Crippen LogP contribution >= 0.6 is 0 Å². The average molecular weight is 447 g/mol. The molecule has 33 heavy (non-hydrogen) atoms. The molecule has 2 aromatic carbocycles. The number of ether oxygens (including phenoxy) is 3. The second kappa shape index (κ2) is 9.91. The van der Waals surface area contributed by atoms with Crippen LogP contribution in [0.2, 0.25) is 0 Å². The molecule has 6 heteroatoms. The number of hydrogen-bond donors (Lipinski definition) is 0. The van der Waals surface area contributed by atoms with Gasteiger partial charge in [-0.3, -0.25) is 14.6 Å². The lowest BCUT2D eigenvalue weighted by Crippen LogP contribution is -2.39. The van der Waals surface area contributed by atoms with Crippen molar-refractivity contribution in [3.8, 4) is 11.5 Å². The summed E-state index contributed by atoms with van der Waals surface area (Å²) in [5, 5.41) is 0. The molecule has 0 bridgehead atoms. The van der Waals surface area contributed by atoms with Gasteiger partial charge < -0.3 is 14.2 Å². The molecule has 0 radical (unpaired) electrons. The predicted molar refractivity (Wildman–Crippen MR) is 127 cm³/mol. The first-order valence-electron chi connectivity index (χ1n) is 11.7. The van der Waals surface area contributed by atoms with Gasteiger partial charge in [-0.1, -0.05) is 42.5 Å². The molecule has 172 valence electrons. The molecule has 3 aliphatic rings. The van der Waals surface area contributed by atoms with Crippen LogP contribution < -0.4 is 9.47 Å². The number of hydrogen-bond acceptors (Lipinski definition) is 6. The van der Waals surface area contributed by atoms with Crippen molar-refractivity contribution in [3.63, 3.8) is 0 Å². The topological polar surface area (TPSA) is 51.2 Å². The Balaban J connectivity index is 1.25. The van der Waals surface area contributed by atoms with E-state index in [1.54, 1.807) is 6.08 Å². The van der Waals surface area contributed by atoms with Crippen molar-refractivity contribution in [2.24, 2.45) is 0 Å². The molecule has 0 saturated carbocycles. The summed E-state index contributed by atoms with van der Waals surface area (Å²) in [6, 6.07) is 11.9. The number of rotatable bonds is 6. The van der Waals surface area contributed by atoms with E-state index in [0.717, 1.165) is 74.8 Å². The first-order valence-corrected chi connectivity index (χ1v) is 11.7. The highest BCUT2D eigenvalue weighted by Crippen LogP contribution is 2.42. The molecule has 0 amide bonds. The Morgan fingerprint density at radius 3 is 2.64 bits per heavy atom. The minimum atomic E-state index is -0.0712. The van der Waals surface area contributed by atoms with Gasteiger partial charge >= 0.3 is 0 Å². The number of morpholine rings is 1. The van der Waals surface area contributed by atoms with Gasteiger partial charge in [0.05, 0.1) is 18.8 Å². The Morgan fingerprint density at radius 2 is 1.82 bits per heavy atom. The number of allylic oxidation sites excluding steroid dienone is 3. The maximum Gasteiger partial charge on any atom is 0.231 e. The Bertz CT molecular complexity index is 1070. The quantitative estimate of drug-likeness (QED) is 0.625. The zero-order chi connectivity index (χ0) is 22.6. The minimum absolute atomic E-state index is 0.0712. The molecule has 0 spiro atoms. The largest absolute Gasteiger partial charge is 0.477 e. The molecular weight excluding hydrogens is 416 g/mol. The van der Waals surface area contributed by atoms with Gasteiger partial charge in [-0.25, -0.2) is 0 Å². The van der Waals surface area contributed by atoms with Crippen LogP contribution in [0.1, 0.15) is 33.5 Å². The SMILES string of the molecule is Cc1c2c(cc3c1O/C(=C\C=C\c1ccccc1)C3=O)CN(CCCN1CCOCC1)CO2. The van der Waals surface area contributed by atoms with Gasteiger partial charge in [-0.15, -0.1) is 0 Å². The van der Waals surface area contributed by atoms with Crippen LogP contribution in [0.15, 0.2) is 54.3 Å². The Hall–Kier alpha value is -2.93. The highest BCUT2D eigenvalue weighted by atomic mass is 16.5. The molecule has 0 aromatic heterocycles. The van der Waals surface area contributed by atoms with Gasteiger partial charge in [0.15, 0.2) is 5.76 Å². The van der Waals surface area contributed by atoms with E-state index in [1.807, 2.05) is 55.5 Å². The van der Waals surface area contributed by atoms with Crippen LogP contribution in [0.25, 0.3) is 6.08 Å². The number of benzene rings is 2. The van der Waals surface area contributed by atoms with Crippen molar-refractivity contribution in [2.75, 3.05) is 46.1 Å². The molecule has 2 aromatic rings. The molecule has 0 N–H and O–H groups in total. The molecular formula is C27H30N2O4. The van der Waals surface area contributed by atoms with Crippen LogP contribution in [0.5, 0.6) is 11.5 Å². The molecule has 0 aliphatic carbocycles. The fraction of sp³-hybridized carbons (Fsp3) is 0.370. The van der Waals surface area contributed by atoms with Crippen molar-refractivity contribution in [3.05, 3.63) is 76.6 Å². The molecule has 1 fully saturated rings. The van der Waals surface area contributed by atoms with Gasteiger partial charge in [0, 0.05) is 37.3 Å². The summed E-state index contributed by atoms with van der Waals surface area (Å²) < 4.78 is 17.5. The summed E-state index contributed by atoms with van der Waals surface area (Å²) >= 11 is 0. The summed E-state index contributed by atoms with van der Waals surface area (Å²) in [5.74, 6) is 1.76. The van der Waals surface area contributed by atoms with Gasteiger partial charge in [0.2, 0.25) is 5.78 Å². The van der Waals surface area contributed by atoms with Crippen molar-refractivity contribution >= 4 is 11.9 Å². The number of fused-ring (bicyclic) bond motifs is 2. The predicted octanol–water partition coefficient (Wildman–Crippen LogP) is 4.04. The summed E-state index contributed by atoms with van der Waals surface area (Å²) in [5.41, 5.74) is 3.66. The molecule has 6 nitrogen and oxygen atoms in total.